The van der Waals surface area contributed by atoms with E-state index in [1.54, 1.807) is 0 Å². The number of carbonyl (C=O) groups excluding carboxylic acids is 1. The van der Waals surface area contributed by atoms with E-state index in [-0.39, 0.29) is 23.5 Å². The van der Waals surface area contributed by atoms with Gasteiger partial charge in [0.1, 0.15) is 0 Å². The third-order valence-corrected chi connectivity index (χ3v) is 8.10. The van der Waals surface area contributed by atoms with Gasteiger partial charge in [-0.25, -0.2) is 8.42 Å². The van der Waals surface area contributed by atoms with E-state index in [0.717, 1.165) is 69.2 Å². The second-order valence-electron chi connectivity index (χ2n) is 8.37. The Morgan fingerprint density at radius 3 is 2.36 bits per heavy atom. The second-order valence-corrected chi connectivity index (χ2v) is 10.6. The van der Waals surface area contributed by atoms with E-state index in [0.29, 0.717) is 13.0 Å². The molecule has 1 aromatic heterocycles. The average Bonchev–Trinajstić information content (AvgIpc) is 3.36. The summed E-state index contributed by atoms with van der Waals surface area (Å²) in [4.78, 5) is 19.0. The zero-order chi connectivity index (χ0) is 19.9. The van der Waals surface area contributed by atoms with Gasteiger partial charge in [0.25, 0.3) is 0 Å². The van der Waals surface area contributed by atoms with Crippen molar-refractivity contribution in [3.05, 3.63) is 11.4 Å². The van der Waals surface area contributed by atoms with Gasteiger partial charge in [-0.2, -0.15) is 5.10 Å². The Balaban J connectivity index is 1.39. The van der Waals surface area contributed by atoms with Crippen LogP contribution in [-0.2, 0) is 14.6 Å². The van der Waals surface area contributed by atoms with Gasteiger partial charge in [0.15, 0.2) is 9.84 Å². The highest BCUT2D eigenvalue weighted by molar-refractivity contribution is 7.91. The first-order valence-corrected chi connectivity index (χ1v) is 12.2. The van der Waals surface area contributed by atoms with Crippen molar-refractivity contribution in [2.45, 2.75) is 39.2 Å². The van der Waals surface area contributed by atoms with Gasteiger partial charge in [-0.05, 0) is 33.1 Å². The zero-order valence-electron chi connectivity index (χ0n) is 16.9. The Labute approximate surface area is 167 Å². The molecule has 3 fully saturated rings. The SMILES string of the molecule is Cc1nn(C2CCS(=O)(=O)C2)c(C)c1N1CCN(CC(=O)N2CCCC2)CC1. The minimum atomic E-state index is -2.93. The van der Waals surface area contributed by atoms with Crippen molar-refractivity contribution in [1.29, 1.82) is 0 Å². The Kier molecular flexibility index (Phi) is 5.39. The van der Waals surface area contributed by atoms with Crippen LogP contribution in [0.3, 0.4) is 0 Å². The first kappa shape index (κ1) is 19.7. The maximum Gasteiger partial charge on any atom is 0.236 e. The van der Waals surface area contributed by atoms with Crippen molar-refractivity contribution < 1.29 is 13.2 Å². The lowest BCUT2D eigenvalue weighted by Gasteiger charge is -2.36. The molecule has 3 aliphatic heterocycles. The van der Waals surface area contributed by atoms with Gasteiger partial charge in [-0.15, -0.1) is 0 Å². The van der Waals surface area contributed by atoms with E-state index in [9.17, 15) is 13.2 Å². The minimum absolute atomic E-state index is 0.0446. The van der Waals surface area contributed by atoms with Gasteiger partial charge in [0.2, 0.25) is 5.91 Å². The molecule has 28 heavy (non-hydrogen) atoms. The van der Waals surface area contributed by atoms with Crippen LogP contribution < -0.4 is 4.90 Å². The van der Waals surface area contributed by atoms with Crippen LogP contribution in [0.2, 0.25) is 0 Å². The highest BCUT2D eigenvalue weighted by atomic mass is 32.2. The molecule has 3 saturated heterocycles. The van der Waals surface area contributed by atoms with Crippen LogP contribution >= 0.6 is 0 Å². The van der Waals surface area contributed by atoms with E-state index in [1.807, 2.05) is 23.4 Å². The predicted octanol–water partition coefficient (Wildman–Crippen LogP) is 0.604. The number of likely N-dealkylation sites (tertiary alicyclic amines) is 1. The molecule has 0 saturated carbocycles. The second kappa shape index (κ2) is 7.67. The molecule has 0 N–H and O–H groups in total. The molecule has 1 aromatic rings. The van der Waals surface area contributed by atoms with E-state index in [1.165, 1.54) is 0 Å². The Bertz CT molecular complexity index is 836. The van der Waals surface area contributed by atoms with Crippen molar-refractivity contribution in [2.75, 3.05) is 62.2 Å². The number of aryl methyl sites for hydroxylation is 1. The summed E-state index contributed by atoms with van der Waals surface area (Å²) < 4.78 is 25.6. The third kappa shape index (κ3) is 3.91. The fourth-order valence-electron chi connectivity index (χ4n) is 4.82. The minimum Gasteiger partial charge on any atom is -0.366 e. The van der Waals surface area contributed by atoms with E-state index >= 15 is 0 Å². The summed E-state index contributed by atoms with van der Waals surface area (Å²) >= 11 is 0. The van der Waals surface area contributed by atoms with Gasteiger partial charge in [0, 0.05) is 39.3 Å². The smallest absolute Gasteiger partial charge is 0.236 e. The van der Waals surface area contributed by atoms with Crippen molar-refractivity contribution in [1.82, 2.24) is 19.6 Å². The number of carbonyl (C=O) groups is 1. The van der Waals surface area contributed by atoms with Crippen LogP contribution in [0.25, 0.3) is 0 Å². The van der Waals surface area contributed by atoms with E-state index in [4.69, 9.17) is 0 Å². The van der Waals surface area contributed by atoms with Gasteiger partial charge in [-0.3, -0.25) is 14.4 Å². The molecular formula is C19H31N5O3S. The number of amides is 1. The quantitative estimate of drug-likeness (QED) is 0.725. The molecule has 1 amide bonds. The first-order chi connectivity index (χ1) is 13.3. The number of aromatic nitrogens is 2. The standard InChI is InChI=1S/C19H31N5O3S/c1-15-19(16(2)24(20-15)17-5-12-28(26,27)14-17)23-10-8-21(9-11-23)13-18(25)22-6-3-4-7-22/h17H,3-14H2,1-2H3. The van der Waals surface area contributed by atoms with Gasteiger partial charge in [-0.1, -0.05) is 0 Å². The van der Waals surface area contributed by atoms with Gasteiger partial charge >= 0.3 is 0 Å². The van der Waals surface area contributed by atoms with Crippen LogP contribution in [0.15, 0.2) is 0 Å². The third-order valence-electron chi connectivity index (χ3n) is 6.35. The summed E-state index contributed by atoms with van der Waals surface area (Å²) in [6.07, 6.45) is 2.91. The molecule has 8 nitrogen and oxygen atoms in total. The molecular weight excluding hydrogens is 378 g/mol. The summed E-state index contributed by atoms with van der Waals surface area (Å²) in [7, 11) is -2.93. The van der Waals surface area contributed by atoms with Crippen LogP contribution in [0, 0.1) is 13.8 Å². The maximum atomic E-state index is 12.4. The Morgan fingerprint density at radius 2 is 1.75 bits per heavy atom. The van der Waals surface area contributed by atoms with Crippen LogP contribution in [0.4, 0.5) is 5.69 Å². The number of sulfone groups is 1. The average molecular weight is 410 g/mol. The van der Waals surface area contributed by atoms with Crippen LogP contribution in [-0.4, -0.2) is 91.2 Å². The predicted molar refractivity (Wildman–Crippen MR) is 108 cm³/mol. The number of rotatable bonds is 4. The Hall–Kier alpha value is -1.61. The molecule has 0 bridgehead atoms. The largest absolute Gasteiger partial charge is 0.366 e. The molecule has 4 rings (SSSR count). The lowest BCUT2D eigenvalue weighted by atomic mass is 10.2. The molecule has 4 heterocycles. The highest BCUT2D eigenvalue weighted by Gasteiger charge is 2.33. The summed E-state index contributed by atoms with van der Waals surface area (Å²) in [6.45, 7) is 9.84. The number of anilines is 1. The monoisotopic (exact) mass is 409 g/mol. The van der Waals surface area contributed by atoms with Crippen molar-refractivity contribution in [2.24, 2.45) is 0 Å². The molecule has 0 aliphatic carbocycles. The maximum absolute atomic E-state index is 12.4. The van der Waals surface area contributed by atoms with Gasteiger partial charge < -0.3 is 9.80 Å². The molecule has 0 spiro atoms. The number of hydrogen-bond acceptors (Lipinski definition) is 6. The van der Waals surface area contributed by atoms with Crippen LogP contribution in [0.1, 0.15) is 36.7 Å². The van der Waals surface area contributed by atoms with Gasteiger partial charge in [0.05, 0.1) is 41.2 Å². The molecule has 9 heteroatoms. The zero-order valence-corrected chi connectivity index (χ0v) is 17.7. The summed E-state index contributed by atoms with van der Waals surface area (Å²) in [5.41, 5.74) is 3.15. The molecule has 1 unspecified atom stereocenters. The fourth-order valence-corrected chi connectivity index (χ4v) is 6.52. The number of nitrogens with zero attached hydrogens (tertiary/aromatic N) is 5. The highest BCUT2D eigenvalue weighted by Crippen LogP contribution is 2.31. The molecule has 3 aliphatic rings. The topological polar surface area (TPSA) is 78.8 Å². The van der Waals surface area contributed by atoms with Crippen molar-refractivity contribution in [3.8, 4) is 0 Å². The lowest BCUT2D eigenvalue weighted by molar-refractivity contribution is -0.131. The molecule has 0 radical (unpaired) electrons. The fraction of sp³-hybridized carbons (Fsp3) is 0.789. The normalized spacial score (nSPS) is 25.6. The molecule has 1 atom stereocenters. The lowest BCUT2D eigenvalue weighted by Crippen LogP contribution is -2.50. The Morgan fingerprint density at radius 1 is 1.07 bits per heavy atom. The summed E-state index contributed by atoms with van der Waals surface area (Å²) in [6, 6.07) is -0.0446. The molecule has 156 valence electrons. The van der Waals surface area contributed by atoms with Crippen molar-refractivity contribution >= 4 is 21.4 Å². The van der Waals surface area contributed by atoms with E-state index < -0.39 is 9.84 Å². The number of piperazine rings is 1. The summed E-state index contributed by atoms with van der Waals surface area (Å²) in [5, 5.41) is 4.69. The molecule has 0 aromatic carbocycles. The summed E-state index contributed by atoms with van der Waals surface area (Å²) in [5.74, 6) is 0.712. The number of hydrogen-bond donors (Lipinski definition) is 0. The van der Waals surface area contributed by atoms with E-state index in [2.05, 4.69) is 14.9 Å². The van der Waals surface area contributed by atoms with Crippen LogP contribution in [0.5, 0.6) is 0 Å². The first-order valence-electron chi connectivity index (χ1n) is 10.4. The van der Waals surface area contributed by atoms with Crippen molar-refractivity contribution in [3.63, 3.8) is 0 Å².